The molecule has 1 aromatic carbocycles. The SMILES string of the molecule is CCSc1ccccc1NC(=O)c1snnc1C(C)C. The molecule has 0 aliphatic rings. The molecule has 0 saturated heterocycles. The van der Waals surface area contributed by atoms with Gasteiger partial charge < -0.3 is 5.32 Å². The normalized spacial score (nSPS) is 10.8. The number of nitrogens with one attached hydrogen (secondary N) is 1. The van der Waals surface area contributed by atoms with E-state index < -0.39 is 0 Å². The van der Waals surface area contributed by atoms with Gasteiger partial charge in [0.2, 0.25) is 0 Å². The van der Waals surface area contributed by atoms with Gasteiger partial charge in [-0.25, -0.2) is 0 Å². The monoisotopic (exact) mass is 307 g/mol. The minimum atomic E-state index is -0.132. The van der Waals surface area contributed by atoms with E-state index in [4.69, 9.17) is 0 Å². The zero-order chi connectivity index (χ0) is 14.5. The van der Waals surface area contributed by atoms with Crippen LogP contribution in [0.1, 0.15) is 42.1 Å². The lowest BCUT2D eigenvalue weighted by atomic mass is 10.1. The predicted molar refractivity (Wildman–Crippen MR) is 84.8 cm³/mol. The summed E-state index contributed by atoms with van der Waals surface area (Å²) >= 11 is 2.85. The summed E-state index contributed by atoms with van der Waals surface area (Å²) in [7, 11) is 0. The Hall–Kier alpha value is -1.40. The van der Waals surface area contributed by atoms with E-state index >= 15 is 0 Å². The third-order valence-corrected chi connectivity index (χ3v) is 4.40. The third-order valence-electron chi connectivity index (χ3n) is 2.70. The van der Waals surface area contributed by atoms with Crippen LogP contribution in [0.25, 0.3) is 0 Å². The molecular weight excluding hydrogens is 290 g/mol. The second-order valence-corrected chi connectivity index (χ2v) is 6.59. The van der Waals surface area contributed by atoms with Crippen LogP contribution in [0, 0.1) is 0 Å². The Morgan fingerprint density at radius 2 is 2.15 bits per heavy atom. The number of benzene rings is 1. The molecule has 0 atom stereocenters. The third kappa shape index (κ3) is 3.37. The van der Waals surface area contributed by atoms with Gasteiger partial charge in [-0.2, -0.15) is 0 Å². The van der Waals surface area contributed by atoms with E-state index in [1.807, 2.05) is 38.1 Å². The van der Waals surface area contributed by atoms with Crippen molar-refractivity contribution in [2.45, 2.75) is 31.6 Å². The summed E-state index contributed by atoms with van der Waals surface area (Å²) in [5.41, 5.74) is 1.60. The van der Waals surface area contributed by atoms with Gasteiger partial charge in [-0.1, -0.05) is 37.4 Å². The first-order valence-corrected chi connectivity index (χ1v) is 8.24. The summed E-state index contributed by atoms with van der Waals surface area (Å²) in [5, 5.41) is 7.00. The molecule has 4 nitrogen and oxygen atoms in total. The highest BCUT2D eigenvalue weighted by atomic mass is 32.2. The number of anilines is 1. The van der Waals surface area contributed by atoms with Crippen LogP contribution in [-0.4, -0.2) is 21.2 Å². The summed E-state index contributed by atoms with van der Waals surface area (Å²) in [4.78, 5) is 14.0. The number of thioether (sulfide) groups is 1. The maximum Gasteiger partial charge on any atom is 0.269 e. The van der Waals surface area contributed by atoms with Gasteiger partial charge in [0.05, 0.1) is 11.4 Å². The van der Waals surface area contributed by atoms with Gasteiger partial charge in [0.25, 0.3) is 5.91 Å². The molecule has 0 fully saturated rings. The molecule has 1 heterocycles. The molecule has 2 rings (SSSR count). The van der Waals surface area contributed by atoms with Crippen LogP contribution in [0.4, 0.5) is 5.69 Å². The molecule has 1 aromatic heterocycles. The fraction of sp³-hybridized carbons (Fsp3) is 0.357. The Bertz CT molecular complexity index is 596. The van der Waals surface area contributed by atoms with Gasteiger partial charge in [0.15, 0.2) is 0 Å². The highest BCUT2D eigenvalue weighted by Crippen LogP contribution is 2.28. The lowest BCUT2D eigenvalue weighted by Crippen LogP contribution is -2.13. The van der Waals surface area contributed by atoms with Crippen molar-refractivity contribution in [1.82, 2.24) is 9.59 Å². The number of carbonyl (C=O) groups is 1. The van der Waals surface area contributed by atoms with Gasteiger partial charge in [-0.05, 0) is 35.3 Å². The maximum absolute atomic E-state index is 12.4. The zero-order valence-corrected chi connectivity index (χ0v) is 13.3. The molecule has 1 N–H and O–H groups in total. The molecule has 6 heteroatoms. The van der Waals surface area contributed by atoms with Crippen molar-refractivity contribution in [3.05, 3.63) is 34.8 Å². The largest absolute Gasteiger partial charge is 0.320 e. The lowest BCUT2D eigenvalue weighted by Gasteiger charge is -2.10. The van der Waals surface area contributed by atoms with Crippen LogP contribution in [-0.2, 0) is 0 Å². The van der Waals surface area contributed by atoms with E-state index in [0.29, 0.717) is 4.88 Å². The Balaban J connectivity index is 2.21. The van der Waals surface area contributed by atoms with Gasteiger partial charge in [0, 0.05) is 4.90 Å². The molecule has 20 heavy (non-hydrogen) atoms. The molecule has 0 unspecified atom stereocenters. The Labute approximate surface area is 127 Å². The maximum atomic E-state index is 12.4. The van der Waals surface area contributed by atoms with Crippen molar-refractivity contribution in [1.29, 1.82) is 0 Å². The Kier molecular flexibility index (Phi) is 5.14. The second-order valence-electron chi connectivity index (χ2n) is 4.53. The number of nitrogens with zero attached hydrogens (tertiary/aromatic N) is 2. The van der Waals surface area contributed by atoms with Crippen LogP contribution in [0.5, 0.6) is 0 Å². The standard InChI is InChI=1S/C14H17N3OS2/c1-4-19-11-8-6-5-7-10(11)15-14(18)13-12(9(2)3)16-17-20-13/h5-9H,4H2,1-3H3,(H,15,18). The summed E-state index contributed by atoms with van der Waals surface area (Å²) in [6.45, 7) is 6.11. The summed E-state index contributed by atoms with van der Waals surface area (Å²) in [6.07, 6.45) is 0. The minimum Gasteiger partial charge on any atom is -0.320 e. The molecule has 1 amide bonds. The fourth-order valence-electron chi connectivity index (χ4n) is 1.76. The summed E-state index contributed by atoms with van der Waals surface area (Å²) in [6, 6.07) is 7.82. The number of rotatable bonds is 5. The van der Waals surface area contributed by atoms with Crippen molar-refractivity contribution in [3.8, 4) is 0 Å². The lowest BCUT2D eigenvalue weighted by molar-refractivity contribution is 0.102. The molecular formula is C14H17N3OS2. The second kappa shape index (κ2) is 6.85. The quantitative estimate of drug-likeness (QED) is 0.847. The summed E-state index contributed by atoms with van der Waals surface area (Å²) in [5.74, 6) is 1.02. The first-order valence-electron chi connectivity index (χ1n) is 6.49. The van der Waals surface area contributed by atoms with E-state index in [1.54, 1.807) is 11.8 Å². The van der Waals surface area contributed by atoms with Crippen molar-refractivity contribution < 1.29 is 4.79 Å². The topological polar surface area (TPSA) is 54.9 Å². The van der Waals surface area contributed by atoms with E-state index in [2.05, 4.69) is 21.8 Å². The number of carbonyl (C=O) groups excluding carboxylic acids is 1. The smallest absolute Gasteiger partial charge is 0.269 e. The van der Waals surface area contributed by atoms with Crippen molar-refractivity contribution in [2.75, 3.05) is 11.1 Å². The van der Waals surface area contributed by atoms with E-state index in [1.165, 1.54) is 0 Å². The van der Waals surface area contributed by atoms with Crippen LogP contribution < -0.4 is 5.32 Å². The molecule has 0 aliphatic carbocycles. The number of hydrogen-bond acceptors (Lipinski definition) is 5. The number of hydrogen-bond donors (Lipinski definition) is 1. The Morgan fingerprint density at radius 1 is 1.40 bits per heavy atom. The van der Waals surface area contributed by atoms with Gasteiger partial charge >= 0.3 is 0 Å². The van der Waals surface area contributed by atoms with Gasteiger partial charge in [-0.3, -0.25) is 4.79 Å². The molecule has 0 spiro atoms. The Morgan fingerprint density at radius 3 is 2.85 bits per heavy atom. The zero-order valence-electron chi connectivity index (χ0n) is 11.7. The van der Waals surface area contributed by atoms with Crippen molar-refractivity contribution >= 4 is 34.9 Å². The molecule has 106 valence electrons. The molecule has 0 bridgehead atoms. The molecule has 2 aromatic rings. The highest BCUT2D eigenvalue weighted by molar-refractivity contribution is 7.99. The van der Waals surface area contributed by atoms with Crippen molar-refractivity contribution in [3.63, 3.8) is 0 Å². The van der Waals surface area contributed by atoms with Crippen LogP contribution in [0.3, 0.4) is 0 Å². The minimum absolute atomic E-state index is 0.132. The van der Waals surface area contributed by atoms with E-state index in [9.17, 15) is 4.79 Å². The van der Waals surface area contributed by atoms with Crippen molar-refractivity contribution in [2.24, 2.45) is 0 Å². The fourth-order valence-corrected chi connectivity index (χ4v) is 3.24. The van der Waals surface area contributed by atoms with Gasteiger partial charge in [-0.15, -0.1) is 16.9 Å². The number of aromatic nitrogens is 2. The van der Waals surface area contributed by atoms with Gasteiger partial charge in [0.1, 0.15) is 4.88 Å². The van der Waals surface area contributed by atoms with Crippen LogP contribution in [0.15, 0.2) is 29.2 Å². The van der Waals surface area contributed by atoms with Crippen LogP contribution >= 0.6 is 23.3 Å². The average molecular weight is 307 g/mol. The van der Waals surface area contributed by atoms with E-state index in [0.717, 1.165) is 33.6 Å². The average Bonchev–Trinajstić information content (AvgIpc) is 2.91. The number of para-hydroxylation sites is 1. The molecule has 0 saturated carbocycles. The van der Waals surface area contributed by atoms with E-state index in [-0.39, 0.29) is 11.8 Å². The first kappa shape index (κ1) is 15.0. The molecule has 0 aliphatic heterocycles. The highest BCUT2D eigenvalue weighted by Gasteiger charge is 2.19. The summed E-state index contributed by atoms with van der Waals surface area (Å²) < 4.78 is 3.89. The van der Waals surface area contributed by atoms with Crippen LogP contribution in [0.2, 0.25) is 0 Å². The first-order chi connectivity index (χ1) is 9.63. The molecule has 0 radical (unpaired) electrons. The number of amides is 1. The predicted octanol–water partition coefficient (Wildman–Crippen LogP) is 4.03.